The van der Waals surface area contributed by atoms with Gasteiger partial charge in [-0.1, -0.05) is 23.2 Å². The molecule has 1 fully saturated rings. The van der Waals surface area contributed by atoms with E-state index >= 15 is 0 Å². The molecule has 1 aliphatic rings. The Hall–Kier alpha value is -0.480. The highest BCUT2D eigenvalue weighted by Gasteiger charge is 2.25. The summed E-state index contributed by atoms with van der Waals surface area (Å²) >= 11 is 11.9. The van der Waals surface area contributed by atoms with E-state index < -0.39 is 0 Å². The molecule has 2 rings (SSSR count). The number of phenolic OH excluding ortho intramolecular Hbond substituents is 1. The monoisotopic (exact) mass is 274 g/mol. The van der Waals surface area contributed by atoms with Crippen LogP contribution in [0.25, 0.3) is 0 Å². The Kier molecular flexibility index (Phi) is 4.15. The smallest absolute Gasteiger partial charge is 0.123 e. The van der Waals surface area contributed by atoms with Gasteiger partial charge in [-0.15, -0.1) is 0 Å². The predicted molar refractivity (Wildman–Crippen MR) is 70.6 cm³/mol. The molecule has 0 bridgehead atoms. The van der Waals surface area contributed by atoms with E-state index in [1.54, 1.807) is 6.07 Å². The van der Waals surface area contributed by atoms with Crippen molar-refractivity contribution >= 4 is 23.2 Å². The van der Waals surface area contributed by atoms with Crippen molar-refractivity contribution in [2.24, 2.45) is 11.7 Å². The van der Waals surface area contributed by atoms with Gasteiger partial charge in [-0.2, -0.15) is 0 Å². The fourth-order valence-electron chi connectivity index (χ4n) is 2.34. The number of nitrogens with one attached hydrogen (secondary N) is 1. The molecule has 0 aromatic heterocycles. The molecule has 3 nitrogen and oxygen atoms in total. The van der Waals surface area contributed by atoms with Gasteiger partial charge in [0, 0.05) is 16.6 Å². The Balaban J connectivity index is 2.26. The second-order valence-electron chi connectivity index (χ2n) is 4.43. The van der Waals surface area contributed by atoms with Gasteiger partial charge in [-0.05, 0) is 44.0 Å². The van der Waals surface area contributed by atoms with Gasteiger partial charge in [0.05, 0.1) is 5.02 Å². The van der Waals surface area contributed by atoms with Crippen LogP contribution >= 0.6 is 23.2 Å². The number of piperidine rings is 1. The van der Waals surface area contributed by atoms with Crippen LogP contribution in [0.1, 0.15) is 24.4 Å². The number of hydrogen-bond donors (Lipinski definition) is 3. The summed E-state index contributed by atoms with van der Waals surface area (Å²) in [5, 5.41) is 14.1. The Morgan fingerprint density at radius 3 is 2.53 bits per heavy atom. The van der Waals surface area contributed by atoms with Gasteiger partial charge in [-0.3, -0.25) is 0 Å². The summed E-state index contributed by atoms with van der Waals surface area (Å²) < 4.78 is 0. The highest BCUT2D eigenvalue weighted by atomic mass is 35.5. The van der Waals surface area contributed by atoms with Crippen molar-refractivity contribution in [2.75, 3.05) is 13.1 Å². The van der Waals surface area contributed by atoms with Gasteiger partial charge in [0.2, 0.25) is 0 Å². The van der Waals surface area contributed by atoms with Gasteiger partial charge < -0.3 is 16.2 Å². The third-order valence-corrected chi connectivity index (χ3v) is 3.83. The molecule has 1 heterocycles. The van der Waals surface area contributed by atoms with E-state index in [-0.39, 0.29) is 11.8 Å². The van der Waals surface area contributed by atoms with Gasteiger partial charge in [0.15, 0.2) is 0 Å². The minimum absolute atomic E-state index is 0.0912. The molecule has 0 amide bonds. The summed E-state index contributed by atoms with van der Waals surface area (Å²) in [5.74, 6) is 0.439. The number of rotatable bonds is 2. The third kappa shape index (κ3) is 2.86. The number of benzene rings is 1. The van der Waals surface area contributed by atoms with Crippen molar-refractivity contribution in [1.82, 2.24) is 5.32 Å². The van der Waals surface area contributed by atoms with Gasteiger partial charge in [0.25, 0.3) is 0 Å². The van der Waals surface area contributed by atoms with Crippen LogP contribution in [0.5, 0.6) is 5.75 Å². The van der Waals surface area contributed by atoms with Gasteiger partial charge in [-0.25, -0.2) is 0 Å². The zero-order chi connectivity index (χ0) is 12.4. The minimum Gasteiger partial charge on any atom is -0.508 e. The molecule has 17 heavy (non-hydrogen) atoms. The molecule has 0 unspecified atom stereocenters. The Morgan fingerprint density at radius 2 is 1.94 bits per heavy atom. The Labute approximate surface area is 111 Å². The molecule has 1 saturated heterocycles. The molecule has 0 radical (unpaired) electrons. The molecule has 4 N–H and O–H groups in total. The van der Waals surface area contributed by atoms with E-state index in [2.05, 4.69) is 5.32 Å². The van der Waals surface area contributed by atoms with Gasteiger partial charge in [0.1, 0.15) is 5.75 Å². The van der Waals surface area contributed by atoms with Crippen LogP contribution in [-0.2, 0) is 0 Å². The predicted octanol–water partition coefficient (Wildman–Crippen LogP) is 2.70. The maximum absolute atomic E-state index is 9.91. The zero-order valence-electron chi connectivity index (χ0n) is 9.42. The van der Waals surface area contributed by atoms with E-state index in [0.29, 0.717) is 21.5 Å². The van der Waals surface area contributed by atoms with Crippen LogP contribution in [0.15, 0.2) is 12.1 Å². The van der Waals surface area contributed by atoms with Crippen molar-refractivity contribution < 1.29 is 5.11 Å². The SMILES string of the molecule is N[C@@H](c1c(O)cc(Cl)cc1Cl)C1CCNCC1. The number of nitrogens with two attached hydrogens (primary N) is 1. The first-order chi connectivity index (χ1) is 8.09. The lowest BCUT2D eigenvalue weighted by atomic mass is 9.86. The molecule has 0 saturated carbocycles. The fraction of sp³-hybridized carbons (Fsp3) is 0.500. The molecule has 94 valence electrons. The average Bonchev–Trinajstić information content (AvgIpc) is 2.28. The van der Waals surface area contributed by atoms with Crippen molar-refractivity contribution in [1.29, 1.82) is 0 Å². The van der Waals surface area contributed by atoms with Crippen LogP contribution in [0, 0.1) is 5.92 Å². The average molecular weight is 275 g/mol. The van der Waals surface area contributed by atoms with Gasteiger partial charge >= 0.3 is 0 Å². The first-order valence-electron chi connectivity index (χ1n) is 5.74. The summed E-state index contributed by atoms with van der Waals surface area (Å²) in [7, 11) is 0. The fourth-order valence-corrected chi connectivity index (χ4v) is 2.95. The quantitative estimate of drug-likeness (QED) is 0.777. The topological polar surface area (TPSA) is 58.3 Å². The number of phenols is 1. The summed E-state index contributed by atoms with van der Waals surface area (Å²) in [6.07, 6.45) is 2.00. The lowest BCUT2D eigenvalue weighted by molar-refractivity contribution is 0.316. The number of aromatic hydroxyl groups is 1. The highest BCUT2D eigenvalue weighted by molar-refractivity contribution is 6.35. The number of halogens is 2. The molecular weight excluding hydrogens is 259 g/mol. The molecule has 1 aliphatic heterocycles. The Bertz CT molecular complexity index is 382. The Morgan fingerprint density at radius 1 is 1.29 bits per heavy atom. The van der Waals surface area contributed by atoms with Crippen molar-refractivity contribution in [3.63, 3.8) is 0 Å². The molecule has 1 aromatic carbocycles. The zero-order valence-corrected chi connectivity index (χ0v) is 10.9. The van der Waals surface area contributed by atoms with Crippen molar-refractivity contribution in [2.45, 2.75) is 18.9 Å². The summed E-state index contributed by atoms with van der Waals surface area (Å²) in [6.45, 7) is 1.93. The number of hydrogen-bond acceptors (Lipinski definition) is 3. The normalized spacial score (nSPS) is 19.2. The van der Waals surface area contributed by atoms with E-state index in [9.17, 15) is 5.11 Å². The summed E-state index contributed by atoms with van der Waals surface area (Å²) in [5.41, 5.74) is 6.82. The lowest BCUT2D eigenvalue weighted by Gasteiger charge is -2.29. The molecule has 0 spiro atoms. The van der Waals surface area contributed by atoms with Crippen LogP contribution < -0.4 is 11.1 Å². The lowest BCUT2D eigenvalue weighted by Crippen LogP contribution is -2.33. The van der Waals surface area contributed by atoms with Crippen LogP contribution in [0.3, 0.4) is 0 Å². The van der Waals surface area contributed by atoms with E-state index in [1.165, 1.54) is 6.07 Å². The molecule has 1 aromatic rings. The molecule has 1 atom stereocenters. The van der Waals surface area contributed by atoms with Crippen LogP contribution in [0.4, 0.5) is 0 Å². The van der Waals surface area contributed by atoms with Crippen LogP contribution in [0.2, 0.25) is 10.0 Å². The van der Waals surface area contributed by atoms with E-state index in [0.717, 1.165) is 25.9 Å². The third-order valence-electron chi connectivity index (χ3n) is 3.30. The first-order valence-corrected chi connectivity index (χ1v) is 6.49. The maximum atomic E-state index is 9.91. The standard InChI is InChI=1S/C12H16Cl2N2O/c13-8-5-9(14)11(10(17)6-8)12(15)7-1-3-16-4-2-7/h5-7,12,16-17H,1-4,15H2/t12-/m1/s1. The second kappa shape index (κ2) is 5.44. The second-order valence-corrected chi connectivity index (χ2v) is 5.28. The van der Waals surface area contributed by atoms with Crippen molar-refractivity contribution in [3.8, 4) is 5.75 Å². The first kappa shape index (κ1) is 13.0. The summed E-state index contributed by atoms with van der Waals surface area (Å²) in [4.78, 5) is 0. The molecular formula is C12H16Cl2N2O. The minimum atomic E-state index is -0.234. The van der Waals surface area contributed by atoms with E-state index in [4.69, 9.17) is 28.9 Å². The largest absolute Gasteiger partial charge is 0.508 e. The van der Waals surface area contributed by atoms with E-state index in [1.807, 2.05) is 0 Å². The molecule has 0 aliphatic carbocycles. The summed E-state index contributed by atoms with van der Waals surface area (Å²) in [6, 6.07) is 2.88. The highest BCUT2D eigenvalue weighted by Crippen LogP contribution is 2.38. The van der Waals surface area contributed by atoms with Crippen LogP contribution in [-0.4, -0.2) is 18.2 Å². The molecule has 5 heteroatoms. The van der Waals surface area contributed by atoms with Crippen molar-refractivity contribution in [3.05, 3.63) is 27.7 Å². The maximum Gasteiger partial charge on any atom is 0.123 e.